The molecule has 1 aromatic rings. The molecule has 0 amide bonds. The second kappa shape index (κ2) is 4.70. The van der Waals surface area contributed by atoms with E-state index in [1.54, 1.807) is 0 Å². The minimum Gasteiger partial charge on any atom is -0.388 e. The van der Waals surface area contributed by atoms with E-state index >= 15 is 0 Å². The average Bonchev–Trinajstić information content (AvgIpc) is 2.57. The minimum atomic E-state index is -0.0755. The van der Waals surface area contributed by atoms with Crippen molar-refractivity contribution in [1.82, 2.24) is 14.8 Å². The Balaban J connectivity index is 3.04. The number of nitrogens with one attached hydrogen (secondary N) is 1. The van der Waals surface area contributed by atoms with Crippen LogP contribution in [0.2, 0.25) is 0 Å². The fourth-order valence-electron chi connectivity index (χ4n) is 1.46. The van der Waals surface area contributed by atoms with Crippen LogP contribution in [0.4, 0.5) is 0 Å². The van der Waals surface area contributed by atoms with Gasteiger partial charge in [-0.3, -0.25) is 9.67 Å². The third kappa shape index (κ3) is 2.04. The van der Waals surface area contributed by atoms with Crippen molar-refractivity contribution in [3.8, 4) is 0 Å². The summed E-state index contributed by atoms with van der Waals surface area (Å²) in [5.74, 6) is 1.13. The van der Waals surface area contributed by atoms with E-state index in [0.717, 1.165) is 6.42 Å². The molecule has 0 saturated heterocycles. The fourth-order valence-corrected chi connectivity index (χ4v) is 1.78. The fraction of sp³-hybridized carbons (Fsp3) is 0.778. The first kappa shape index (κ1) is 11.4. The maximum absolute atomic E-state index is 9.09. The van der Waals surface area contributed by atoms with Crippen LogP contribution in [0.15, 0.2) is 0 Å². The Morgan fingerprint density at radius 1 is 1.57 bits per heavy atom. The molecule has 0 aromatic carbocycles. The highest BCUT2D eigenvalue weighted by Gasteiger charge is 2.16. The van der Waals surface area contributed by atoms with Crippen molar-refractivity contribution in [2.24, 2.45) is 5.92 Å². The predicted octanol–water partition coefficient (Wildman–Crippen LogP) is 2.04. The number of H-pyrrole nitrogens is 1. The topological polar surface area (TPSA) is 53.8 Å². The summed E-state index contributed by atoms with van der Waals surface area (Å²) >= 11 is 5.12. The Labute approximate surface area is 89.0 Å². The lowest BCUT2D eigenvalue weighted by atomic mass is 10.0. The first-order valence-corrected chi connectivity index (χ1v) is 5.29. The van der Waals surface area contributed by atoms with Gasteiger partial charge in [-0.25, -0.2) is 0 Å². The monoisotopic (exact) mass is 215 g/mol. The molecule has 1 rings (SSSR count). The highest BCUT2D eigenvalue weighted by Crippen LogP contribution is 2.21. The van der Waals surface area contributed by atoms with E-state index in [1.807, 2.05) is 4.57 Å². The predicted molar refractivity (Wildman–Crippen MR) is 57.5 cm³/mol. The quantitative estimate of drug-likeness (QED) is 0.756. The van der Waals surface area contributed by atoms with Crippen molar-refractivity contribution in [2.45, 2.75) is 39.8 Å². The molecule has 5 heteroatoms. The summed E-state index contributed by atoms with van der Waals surface area (Å²) in [6.07, 6.45) is 1.08. The first-order chi connectivity index (χ1) is 6.61. The number of aromatic amines is 1. The van der Waals surface area contributed by atoms with Gasteiger partial charge in [0.25, 0.3) is 0 Å². The van der Waals surface area contributed by atoms with Gasteiger partial charge in [0.05, 0.1) is 0 Å². The number of aliphatic hydroxyl groups excluding tert-OH is 1. The van der Waals surface area contributed by atoms with Gasteiger partial charge in [-0.1, -0.05) is 20.3 Å². The van der Waals surface area contributed by atoms with Gasteiger partial charge < -0.3 is 5.11 Å². The lowest BCUT2D eigenvalue weighted by Gasteiger charge is -2.20. The summed E-state index contributed by atoms with van der Waals surface area (Å²) in [6.45, 7) is 6.33. The molecule has 1 heterocycles. The molecule has 0 radical (unpaired) electrons. The maximum atomic E-state index is 9.09. The first-order valence-electron chi connectivity index (χ1n) is 4.88. The van der Waals surface area contributed by atoms with Crippen molar-refractivity contribution >= 4 is 12.2 Å². The van der Waals surface area contributed by atoms with E-state index in [0.29, 0.717) is 16.5 Å². The molecular weight excluding hydrogens is 198 g/mol. The maximum Gasteiger partial charge on any atom is 0.195 e. The Kier molecular flexibility index (Phi) is 3.83. The van der Waals surface area contributed by atoms with E-state index in [2.05, 4.69) is 31.0 Å². The van der Waals surface area contributed by atoms with Gasteiger partial charge in [0.1, 0.15) is 6.61 Å². The third-order valence-corrected chi connectivity index (χ3v) is 3.08. The van der Waals surface area contributed by atoms with Gasteiger partial charge in [-0.15, -0.1) is 0 Å². The largest absolute Gasteiger partial charge is 0.388 e. The second-order valence-electron chi connectivity index (χ2n) is 3.60. The number of nitrogens with zero attached hydrogens (tertiary/aromatic N) is 2. The molecule has 0 spiro atoms. The summed E-state index contributed by atoms with van der Waals surface area (Å²) in [6, 6.07) is 0.272. The molecule has 2 unspecified atom stereocenters. The highest BCUT2D eigenvalue weighted by molar-refractivity contribution is 7.71. The molecule has 14 heavy (non-hydrogen) atoms. The standard InChI is InChI=1S/C9H17N3OS/c1-4-6(2)7(3)12-8(5-13)10-11-9(12)14/h6-7,13H,4-5H2,1-3H3,(H,11,14). The normalized spacial score (nSPS) is 15.4. The van der Waals surface area contributed by atoms with Gasteiger partial charge in [0.2, 0.25) is 0 Å². The van der Waals surface area contributed by atoms with Crippen LogP contribution in [0, 0.1) is 10.7 Å². The summed E-state index contributed by atoms with van der Waals surface area (Å²) in [5.41, 5.74) is 0. The molecule has 0 fully saturated rings. The summed E-state index contributed by atoms with van der Waals surface area (Å²) in [7, 11) is 0. The molecule has 0 saturated carbocycles. The lowest BCUT2D eigenvalue weighted by molar-refractivity contribution is 0.251. The van der Waals surface area contributed by atoms with E-state index in [-0.39, 0.29) is 12.6 Å². The Morgan fingerprint density at radius 2 is 2.21 bits per heavy atom. The van der Waals surface area contributed by atoms with Crippen LogP contribution < -0.4 is 0 Å². The number of aromatic nitrogens is 3. The Bertz CT molecular complexity index is 344. The molecular formula is C9H17N3OS. The van der Waals surface area contributed by atoms with Gasteiger partial charge >= 0.3 is 0 Å². The van der Waals surface area contributed by atoms with Crippen LogP contribution >= 0.6 is 12.2 Å². The smallest absolute Gasteiger partial charge is 0.195 e. The van der Waals surface area contributed by atoms with Crippen LogP contribution in [-0.4, -0.2) is 19.9 Å². The van der Waals surface area contributed by atoms with E-state index in [1.165, 1.54) is 0 Å². The summed E-state index contributed by atoms with van der Waals surface area (Å²) in [4.78, 5) is 0. The van der Waals surface area contributed by atoms with E-state index in [9.17, 15) is 0 Å². The van der Waals surface area contributed by atoms with Crippen LogP contribution in [0.5, 0.6) is 0 Å². The summed E-state index contributed by atoms with van der Waals surface area (Å²) < 4.78 is 2.48. The van der Waals surface area contributed by atoms with Gasteiger partial charge in [0.15, 0.2) is 10.6 Å². The molecule has 2 N–H and O–H groups in total. The van der Waals surface area contributed by atoms with Crippen molar-refractivity contribution in [3.05, 3.63) is 10.6 Å². The second-order valence-corrected chi connectivity index (χ2v) is 3.99. The molecule has 4 nitrogen and oxygen atoms in total. The minimum absolute atomic E-state index is 0.0755. The van der Waals surface area contributed by atoms with Gasteiger partial charge in [0, 0.05) is 6.04 Å². The molecule has 1 aromatic heterocycles. The van der Waals surface area contributed by atoms with Crippen molar-refractivity contribution in [1.29, 1.82) is 0 Å². The van der Waals surface area contributed by atoms with Crippen molar-refractivity contribution in [3.63, 3.8) is 0 Å². The van der Waals surface area contributed by atoms with Crippen LogP contribution in [0.25, 0.3) is 0 Å². The summed E-state index contributed by atoms with van der Waals surface area (Å²) in [5, 5.41) is 15.8. The average molecular weight is 215 g/mol. The zero-order valence-corrected chi connectivity index (χ0v) is 9.64. The van der Waals surface area contributed by atoms with E-state index < -0.39 is 0 Å². The van der Waals surface area contributed by atoms with Crippen LogP contribution in [-0.2, 0) is 6.61 Å². The zero-order chi connectivity index (χ0) is 10.7. The van der Waals surface area contributed by atoms with Crippen molar-refractivity contribution < 1.29 is 5.11 Å². The van der Waals surface area contributed by atoms with Gasteiger partial charge in [-0.2, -0.15) is 5.10 Å². The molecule has 0 bridgehead atoms. The number of hydrogen-bond donors (Lipinski definition) is 2. The zero-order valence-electron chi connectivity index (χ0n) is 8.82. The third-order valence-electron chi connectivity index (χ3n) is 2.79. The van der Waals surface area contributed by atoms with E-state index in [4.69, 9.17) is 17.3 Å². The lowest BCUT2D eigenvalue weighted by Crippen LogP contribution is -2.16. The Morgan fingerprint density at radius 3 is 2.71 bits per heavy atom. The molecule has 0 aliphatic heterocycles. The number of rotatable bonds is 4. The number of aliphatic hydroxyl groups is 1. The number of hydrogen-bond acceptors (Lipinski definition) is 3. The molecule has 0 aliphatic carbocycles. The molecule has 2 atom stereocenters. The van der Waals surface area contributed by atoms with Gasteiger partial charge in [-0.05, 0) is 25.1 Å². The van der Waals surface area contributed by atoms with Crippen LogP contribution in [0.1, 0.15) is 39.1 Å². The highest BCUT2D eigenvalue weighted by atomic mass is 32.1. The Hall–Kier alpha value is -0.680. The van der Waals surface area contributed by atoms with Crippen molar-refractivity contribution in [2.75, 3.05) is 0 Å². The molecule has 0 aliphatic rings. The molecule has 80 valence electrons. The van der Waals surface area contributed by atoms with Crippen LogP contribution in [0.3, 0.4) is 0 Å². The SMILES string of the molecule is CCC(C)C(C)n1c(CO)n[nH]c1=S.